The number of benzene rings is 1. The second-order valence-corrected chi connectivity index (χ2v) is 8.79. The van der Waals surface area contributed by atoms with E-state index in [2.05, 4.69) is 25.6 Å². The predicted molar refractivity (Wildman–Crippen MR) is 137 cm³/mol. The fourth-order valence-electron chi connectivity index (χ4n) is 4.22. The van der Waals surface area contributed by atoms with Crippen molar-refractivity contribution < 1.29 is 23.5 Å². The summed E-state index contributed by atoms with van der Waals surface area (Å²) in [6.07, 6.45) is 1.54. The number of aliphatic hydroxyl groups excluding tert-OH is 1. The highest BCUT2D eigenvalue weighted by Gasteiger charge is 2.36. The van der Waals surface area contributed by atoms with Crippen LogP contribution in [0.1, 0.15) is 28.4 Å². The second-order valence-electron chi connectivity index (χ2n) is 8.79. The second kappa shape index (κ2) is 10.8. The van der Waals surface area contributed by atoms with Crippen LogP contribution in [-0.4, -0.2) is 86.7 Å². The van der Waals surface area contributed by atoms with Gasteiger partial charge in [0.2, 0.25) is 0 Å². The lowest BCUT2D eigenvalue weighted by Gasteiger charge is -2.29. The van der Waals surface area contributed by atoms with Crippen molar-refractivity contribution in [1.29, 1.82) is 0 Å². The Kier molecular flexibility index (Phi) is 6.40. The van der Waals surface area contributed by atoms with Crippen LogP contribution < -0.4 is 20.3 Å². The number of aryl methyl sites for hydroxylation is 1. The van der Waals surface area contributed by atoms with Crippen molar-refractivity contribution in [2.75, 3.05) is 44.0 Å². The molecule has 3 amide bonds. The highest BCUT2D eigenvalue weighted by Crippen LogP contribution is 2.37. The van der Waals surface area contributed by atoms with Gasteiger partial charge >= 0.3 is 6.03 Å². The van der Waals surface area contributed by atoms with Crippen LogP contribution in [0.2, 0.25) is 0 Å². The van der Waals surface area contributed by atoms with E-state index in [1.165, 1.54) is 18.1 Å². The summed E-state index contributed by atoms with van der Waals surface area (Å²) in [5, 5.41) is 27.2. The van der Waals surface area contributed by atoms with Gasteiger partial charge in [-0.05, 0) is 18.1 Å². The van der Waals surface area contributed by atoms with E-state index >= 15 is 0 Å². The zero-order chi connectivity index (χ0) is 29.2. The van der Waals surface area contributed by atoms with Crippen LogP contribution in [0.5, 0.6) is 5.75 Å². The fourth-order valence-corrected chi connectivity index (χ4v) is 4.22. The lowest BCUT2D eigenvalue weighted by Crippen LogP contribution is -2.44. The third kappa shape index (κ3) is 5.03. The van der Waals surface area contributed by atoms with E-state index in [-0.39, 0.29) is 48.3 Å². The molecule has 13 heteroatoms. The highest BCUT2D eigenvalue weighted by molar-refractivity contribution is 6.00. The number of nitrogens with zero attached hydrogens (tertiary/aromatic N) is 7. The molecule has 1 aromatic carbocycles. The lowest BCUT2D eigenvalue weighted by atomic mass is 10.0. The van der Waals surface area contributed by atoms with Gasteiger partial charge in [-0.25, -0.2) is 9.78 Å². The third-order valence-electron chi connectivity index (χ3n) is 6.11. The van der Waals surface area contributed by atoms with Crippen molar-refractivity contribution in [3.05, 3.63) is 36.3 Å². The molecule has 0 bridgehead atoms. The van der Waals surface area contributed by atoms with E-state index in [1.54, 1.807) is 41.2 Å². The predicted octanol–water partition coefficient (Wildman–Crippen LogP) is 1.64. The molecule has 0 spiro atoms. The number of carbonyl (C=O) groups excluding carboxylic acids is 2. The summed E-state index contributed by atoms with van der Waals surface area (Å²) in [5.41, 5.74) is 0.758. The first-order valence-corrected chi connectivity index (χ1v) is 11.6. The molecule has 0 aliphatic carbocycles. The maximum atomic E-state index is 13.3. The Bertz CT molecular complexity index is 1400. The van der Waals surface area contributed by atoms with E-state index in [1.807, 2.05) is 19.2 Å². The largest absolute Gasteiger partial charge is 0.494 e. The molecule has 1 fully saturated rings. The Morgan fingerprint density at radius 3 is 2.73 bits per heavy atom. The molecule has 3 aromatic rings. The zero-order valence-corrected chi connectivity index (χ0v) is 21.0. The average molecular weight is 513 g/mol. The summed E-state index contributed by atoms with van der Waals surface area (Å²) in [6.45, 7) is 1.52. The molecule has 1 unspecified atom stereocenters. The molecule has 1 saturated heterocycles. The number of hydrogen-bond acceptors (Lipinski definition) is 9. The molecule has 3 heterocycles. The number of hydrogen-bond donors (Lipinski definition) is 3. The number of para-hydroxylation sites is 1. The SMILES string of the molecule is [2H]C([2H])([2H])NC(=O)c1nnc(N2CCN(C(CO)C(C)C)C2=O)cc1Nc1cccc(-c2ncn(C)n2)c1OC. The molecule has 196 valence electrons. The summed E-state index contributed by atoms with van der Waals surface area (Å²) in [7, 11) is 3.20. The molecule has 1 aliphatic heterocycles. The number of urea groups is 1. The number of aliphatic hydroxyl groups is 1. The van der Waals surface area contributed by atoms with Gasteiger partial charge in [-0.15, -0.1) is 10.2 Å². The average Bonchev–Trinajstić information content (AvgIpc) is 3.48. The molecule has 1 aliphatic rings. The zero-order valence-electron chi connectivity index (χ0n) is 24.0. The van der Waals surface area contributed by atoms with Crippen LogP contribution in [-0.2, 0) is 7.05 Å². The van der Waals surface area contributed by atoms with Crippen LogP contribution in [0.25, 0.3) is 11.4 Å². The molecular formula is C24H31N9O4. The Morgan fingerprint density at radius 2 is 2.08 bits per heavy atom. The van der Waals surface area contributed by atoms with Crippen LogP contribution in [0, 0.1) is 5.92 Å². The summed E-state index contributed by atoms with van der Waals surface area (Å²) < 4.78 is 29.5. The Hall–Kier alpha value is -4.26. The highest BCUT2D eigenvalue weighted by atomic mass is 16.5. The molecule has 0 saturated carbocycles. The van der Waals surface area contributed by atoms with Crippen molar-refractivity contribution in [3.63, 3.8) is 0 Å². The number of aromatic nitrogens is 5. The first kappa shape index (κ1) is 22.0. The van der Waals surface area contributed by atoms with Crippen LogP contribution in [0.15, 0.2) is 30.6 Å². The summed E-state index contributed by atoms with van der Waals surface area (Å²) in [5.74, 6) is -0.0554. The minimum Gasteiger partial charge on any atom is -0.494 e. The summed E-state index contributed by atoms with van der Waals surface area (Å²) in [6, 6.07) is 5.89. The van der Waals surface area contributed by atoms with Crippen molar-refractivity contribution in [2.45, 2.75) is 19.9 Å². The van der Waals surface area contributed by atoms with Gasteiger partial charge in [0.1, 0.15) is 6.33 Å². The minimum atomic E-state index is -2.77. The normalized spacial score (nSPS) is 15.8. The monoisotopic (exact) mass is 512 g/mol. The van der Waals surface area contributed by atoms with Crippen LogP contribution in [0.3, 0.4) is 0 Å². The summed E-state index contributed by atoms with van der Waals surface area (Å²) >= 11 is 0. The molecule has 4 rings (SSSR count). The van der Waals surface area contributed by atoms with Crippen molar-refractivity contribution >= 4 is 29.1 Å². The minimum absolute atomic E-state index is 0.0245. The number of nitrogens with one attached hydrogen (secondary N) is 2. The quantitative estimate of drug-likeness (QED) is 0.389. The van der Waals surface area contributed by atoms with Gasteiger partial charge in [0, 0.05) is 37.3 Å². The standard InChI is InChI=1S/C24H31N9O4/c1-14(2)18(12-34)32-9-10-33(24(32)36)19-11-17(20(29-28-19)23(35)25-3)27-16-8-6-7-15(21(16)37-5)22-26-13-31(4)30-22/h6-8,11,13-14,18,34H,9-10,12H2,1-5H3,(H,25,35)(H,27,28)/i3D3. The molecular weight excluding hydrogens is 478 g/mol. The van der Waals surface area contributed by atoms with E-state index < -0.39 is 12.9 Å². The number of rotatable bonds is 9. The molecule has 37 heavy (non-hydrogen) atoms. The van der Waals surface area contributed by atoms with E-state index in [9.17, 15) is 14.7 Å². The Balaban J connectivity index is 1.75. The smallest absolute Gasteiger partial charge is 0.326 e. The van der Waals surface area contributed by atoms with Gasteiger partial charge in [0.15, 0.2) is 23.1 Å². The first-order chi connectivity index (χ1) is 18.9. The van der Waals surface area contributed by atoms with Crippen molar-refractivity contribution in [2.24, 2.45) is 13.0 Å². The molecule has 13 nitrogen and oxygen atoms in total. The summed E-state index contributed by atoms with van der Waals surface area (Å²) in [4.78, 5) is 33.4. The lowest BCUT2D eigenvalue weighted by molar-refractivity contribution is 0.0958. The van der Waals surface area contributed by atoms with Gasteiger partial charge < -0.3 is 25.4 Å². The van der Waals surface area contributed by atoms with E-state index in [0.29, 0.717) is 29.4 Å². The maximum Gasteiger partial charge on any atom is 0.326 e. The number of methoxy groups -OCH3 is 1. The van der Waals surface area contributed by atoms with Crippen molar-refractivity contribution in [1.82, 2.24) is 35.2 Å². The Morgan fingerprint density at radius 1 is 1.27 bits per heavy atom. The maximum absolute atomic E-state index is 13.3. The first-order valence-electron chi connectivity index (χ1n) is 13.1. The van der Waals surface area contributed by atoms with Gasteiger partial charge in [0.05, 0.1) is 36.7 Å². The van der Waals surface area contributed by atoms with Crippen LogP contribution in [0.4, 0.5) is 22.0 Å². The third-order valence-corrected chi connectivity index (χ3v) is 6.11. The number of carbonyl (C=O) groups is 2. The number of anilines is 3. The number of amides is 3. The van der Waals surface area contributed by atoms with Gasteiger partial charge in [0.25, 0.3) is 5.91 Å². The van der Waals surface area contributed by atoms with Crippen molar-refractivity contribution in [3.8, 4) is 17.1 Å². The molecule has 3 N–H and O–H groups in total. The molecule has 2 aromatic heterocycles. The molecule has 1 atom stereocenters. The van der Waals surface area contributed by atoms with Gasteiger partial charge in [-0.1, -0.05) is 19.9 Å². The van der Waals surface area contributed by atoms with Gasteiger partial charge in [-0.2, -0.15) is 5.10 Å². The topological polar surface area (TPSA) is 151 Å². The molecule has 0 radical (unpaired) electrons. The van der Waals surface area contributed by atoms with Gasteiger partial charge in [-0.3, -0.25) is 14.4 Å². The Labute approximate surface area is 218 Å². The van der Waals surface area contributed by atoms with E-state index in [4.69, 9.17) is 8.85 Å². The van der Waals surface area contributed by atoms with Crippen LogP contribution >= 0.6 is 0 Å². The fraction of sp³-hybridized carbons (Fsp3) is 0.417. The van der Waals surface area contributed by atoms with E-state index in [0.717, 1.165) is 0 Å². The number of ether oxygens (including phenoxy) is 1.